The van der Waals surface area contributed by atoms with Gasteiger partial charge >= 0.3 is 0 Å². The Morgan fingerprint density at radius 3 is 2.75 bits per heavy atom. The van der Waals surface area contributed by atoms with E-state index in [9.17, 15) is 0 Å². The lowest BCUT2D eigenvalue weighted by atomic mass is 9.76. The molecular weight excluding hydrogens is 242 g/mol. The maximum absolute atomic E-state index is 3.56. The Labute approximate surface area is 122 Å². The highest BCUT2D eigenvalue weighted by Gasteiger charge is 2.27. The van der Waals surface area contributed by atoms with E-state index in [1.807, 2.05) is 0 Å². The van der Waals surface area contributed by atoms with Crippen LogP contribution in [-0.4, -0.2) is 7.05 Å². The molecule has 1 aliphatic carbocycles. The Morgan fingerprint density at radius 1 is 1.10 bits per heavy atom. The smallest absolute Gasteiger partial charge is 0.0387 e. The molecule has 20 heavy (non-hydrogen) atoms. The van der Waals surface area contributed by atoms with Crippen LogP contribution in [-0.2, 0) is 6.42 Å². The van der Waals surface area contributed by atoms with E-state index in [0.717, 1.165) is 0 Å². The van der Waals surface area contributed by atoms with Gasteiger partial charge in [0.25, 0.3) is 0 Å². The van der Waals surface area contributed by atoms with E-state index >= 15 is 0 Å². The van der Waals surface area contributed by atoms with Gasteiger partial charge in [0.2, 0.25) is 0 Å². The number of aryl methyl sites for hydroxylation is 2. The summed E-state index contributed by atoms with van der Waals surface area (Å²) in [6, 6.07) is 18.3. The monoisotopic (exact) mass is 265 g/mol. The summed E-state index contributed by atoms with van der Waals surface area (Å²) in [5.74, 6) is 0.590. The lowest BCUT2D eigenvalue weighted by Gasteiger charge is -2.32. The average Bonchev–Trinajstić information content (AvgIpc) is 2.48. The molecule has 0 fully saturated rings. The van der Waals surface area contributed by atoms with Crippen molar-refractivity contribution in [3.05, 3.63) is 70.8 Å². The quantitative estimate of drug-likeness (QED) is 0.868. The van der Waals surface area contributed by atoms with Crippen molar-refractivity contribution in [1.82, 2.24) is 5.32 Å². The molecule has 2 aromatic rings. The van der Waals surface area contributed by atoms with Crippen molar-refractivity contribution < 1.29 is 0 Å². The Kier molecular flexibility index (Phi) is 3.88. The van der Waals surface area contributed by atoms with E-state index in [0.29, 0.717) is 12.0 Å². The molecule has 0 radical (unpaired) electrons. The largest absolute Gasteiger partial charge is 0.312 e. The number of rotatable bonds is 3. The van der Waals surface area contributed by atoms with Crippen LogP contribution in [0.1, 0.15) is 47.1 Å². The number of hydrogen-bond acceptors (Lipinski definition) is 1. The van der Waals surface area contributed by atoms with Crippen LogP contribution in [0.5, 0.6) is 0 Å². The van der Waals surface area contributed by atoms with Gasteiger partial charge in [0.05, 0.1) is 0 Å². The molecule has 2 aromatic carbocycles. The predicted octanol–water partition coefficient (Wildman–Crippen LogP) is 4.38. The Balaban J connectivity index is 1.99. The second kappa shape index (κ2) is 5.80. The van der Waals surface area contributed by atoms with Gasteiger partial charge in [0, 0.05) is 12.0 Å². The Hall–Kier alpha value is -1.60. The van der Waals surface area contributed by atoms with Gasteiger partial charge in [-0.3, -0.25) is 0 Å². The number of nitrogens with one attached hydrogen (secondary N) is 1. The first-order valence-electron chi connectivity index (χ1n) is 7.61. The molecular formula is C19H23N. The maximum atomic E-state index is 3.56. The van der Waals surface area contributed by atoms with Gasteiger partial charge in [0.1, 0.15) is 0 Å². The molecule has 1 aliphatic rings. The first-order valence-corrected chi connectivity index (χ1v) is 7.61. The summed E-state index contributed by atoms with van der Waals surface area (Å²) in [6.07, 6.45) is 3.80. The lowest BCUT2D eigenvalue weighted by Crippen LogP contribution is -2.26. The summed E-state index contributed by atoms with van der Waals surface area (Å²) < 4.78 is 0. The zero-order valence-electron chi connectivity index (χ0n) is 12.4. The van der Waals surface area contributed by atoms with Crippen LogP contribution in [0.3, 0.4) is 0 Å². The number of likely N-dealkylation sites (N-methyl/N-ethyl adjacent to an activating group) is 1. The highest BCUT2D eigenvalue weighted by atomic mass is 14.9. The van der Waals surface area contributed by atoms with Gasteiger partial charge in [-0.25, -0.2) is 0 Å². The molecule has 0 aromatic heterocycles. The minimum atomic E-state index is 0.413. The Bertz CT molecular complexity index is 588. The molecule has 0 spiro atoms. The number of fused-ring (bicyclic) bond motifs is 1. The normalized spacial score (nSPS) is 19.4. The van der Waals surface area contributed by atoms with E-state index in [-0.39, 0.29) is 0 Å². The average molecular weight is 265 g/mol. The van der Waals surface area contributed by atoms with Gasteiger partial charge in [-0.15, -0.1) is 0 Å². The fourth-order valence-electron chi connectivity index (χ4n) is 3.60. The summed E-state index contributed by atoms with van der Waals surface area (Å²) in [7, 11) is 2.09. The number of benzene rings is 2. The van der Waals surface area contributed by atoms with Crippen molar-refractivity contribution in [3.8, 4) is 0 Å². The van der Waals surface area contributed by atoms with Crippen LogP contribution >= 0.6 is 0 Å². The molecule has 2 atom stereocenters. The van der Waals surface area contributed by atoms with Crippen LogP contribution in [0.4, 0.5) is 0 Å². The van der Waals surface area contributed by atoms with Crippen molar-refractivity contribution in [3.63, 3.8) is 0 Å². The standard InChI is InChI=1S/C19H23N/c1-14-7-5-10-16(13-14)19(20-2)18-12-6-9-15-8-3-4-11-17(15)18/h3-5,7-8,10-11,13,18-20H,6,9,12H2,1-2H3. The first-order chi connectivity index (χ1) is 9.79. The minimum absolute atomic E-state index is 0.413. The van der Waals surface area contributed by atoms with Gasteiger partial charge < -0.3 is 5.32 Å². The topological polar surface area (TPSA) is 12.0 Å². The van der Waals surface area contributed by atoms with Crippen LogP contribution in [0, 0.1) is 6.92 Å². The van der Waals surface area contributed by atoms with Gasteiger partial charge in [-0.2, -0.15) is 0 Å². The fourth-order valence-corrected chi connectivity index (χ4v) is 3.60. The van der Waals surface area contributed by atoms with Crippen LogP contribution < -0.4 is 5.32 Å². The van der Waals surface area contributed by atoms with Crippen molar-refractivity contribution >= 4 is 0 Å². The molecule has 1 nitrogen and oxygen atoms in total. The molecule has 0 bridgehead atoms. The molecule has 3 rings (SSSR count). The van der Waals surface area contributed by atoms with Crippen LogP contribution in [0.2, 0.25) is 0 Å². The van der Waals surface area contributed by atoms with E-state index in [2.05, 4.69) is 67.8 Å². The van der Waals surface area contributed by atoms with Crippen molar-refractivity contribution in [2.75, 3.05) is 7.05 Å². The summed E-state index contributed by atoms with van der Waals surface area (Å²) in [6.45, 7) is 2.17. The zero-order valence-corrected chi connectivity index (χ0v) is 12.4. The Morgan fingerprint density at radius 2 is 1.95 bits per heavy atom. The highest BCUT2D eigenvalue weighted by Crippen LogP contribution is 2.40. The predicted molar refractivity (Wildman–Crippen MR) is 85.1 cm³/mol. The molecule has 0 saturated heterocycles. The fraction of sp³-hybridized carbons (Fsp3) is 0.368. The molecule has 104 valence electrons. The molecule has 0 aliphatic heterocycles. The third-order valence-electron chi connectivity index (χ3n) is 4.53. The summed E-state index contributed by atoms with van der Waals surface area (Å²) in [5, 5.41) is 3.56. The maximum Gasteiger partial charge on any atom is 0.0387 e. The SMILES string of the molecule is CNC(c1cccc(C)c1)C1CCCc2ccccc21. The van der Waals surface area contributed by atoms with E-state index in [4.69, 9.17) is 0 Å². The first kappa shape index (κ1) is 13.4. The van der Waals surface area contributed by atoms with Crippen LogP contribution in [0.25, 0.3) is 0 Å². The molecule has 0 amide bonds. The van der Waals surface area contributed by atoms with Gasteiger partial charge in [-0.05, 0) is 49.9 Å². The second-order valence-corrected chi connectivity index (χ2v) is 5.88. The van der Waals surface area contributed by atoms with Gasteiger partial charge in [0.15, 0.2) is 0 Å². The van der Waals surface area contributed by atoms with Gasteiger partial charge in [-0.1, -0.05) is 54.1 Å². The second-order valence-electron chi connectivity index (χ2n) is 5.88. The molecule has 1 N–H and O–H groups in total. The highest BCUT2D eigenvalue weighted by molar-refractivity contribution is 5.37. The van der Waals surface area contributed by atoms with E-state index in [1.165, 1.54) is 36.0 Å². The molecule has 1 heteroatoms. The van der Waals surface area contributed by atoms with E-state index in [1.54, 1.807) is 5.56 Å². The third kappa shape index (κ3) is 2.51. The zero-order chi connectivity index (χ0) is 13.9. The third-order valence-corrected chi connectivity index (χ3v) is 4.53. The van der Waals surface area contributed by atoms with Crippen molar-refractivity contribution in [2.45, 2.75) is 38.1 Å². The molecule has 2 unspecified atom stereocenters. The summed E-state index contributed by atoms with van der Waals surface area (Å²) in [5.41, 5.74) is 5.83. The molecule has 0 heterocycles. The van der Waals surface area contributed by atoms with Crippen LogP contribution in [0.15, 0.2) is 48.5 Å². The minimum Gasteiger partial charge on any atom is -0.312 e. The lowest BCUT2D eigenvalue weighted by molar-refractivity contribution is 0.425. The van der Waals surface area contributed by atoms with Crippen molar-refractivity contribution in [2.24, 2.45) is 0 Å². The summed E-state index contributed by atoms with van der Waals surface area (Å²) >= 11 is 0. The number of hydrogen-bond donors (Lipinski definition) is 1. The summed E-state index contributed by atoms with van der Waals surface area (Å²) in [4.78, 5) is 0. The van der Waals surface area contributed by atoms with E-state index < -0.39 is 0 Å². The molecule has 0 saturated carbocycles. The van der Waals surface area contributed by atoms with Crippen molar-refractivity contribution in [1.29, 1.82) is 0 Å².